The summed E-state index contributed by atoms with van der Waals surface area (Å²) in [6.07, 6.45) is -0.390. The van der Waals surface area contributed by atoms with E-state index in [1.54, 1.807) is 0 Å². The van der Waals surface area contributed by atoms with Gasteiger partial charge in [0.25, 0.3) is 0 Å². The summed E-state index contributed by atoms with van der Waals surface area (Å²) in [5, 5.41) is 10.0. The third kappa shape index (κ3) is 2.56. The first-order valence-corrected chi connectivity index (χ1v) is 5.98. The molecule has 0 aliphatic heterocycles. The van der Waals surface area contributed by atoms with Crippen LogP contribution in [0.4, 0.5) is 0 Å². The Balaban J connectivity index is 2.47. The molecule has 0 aliphatic rings. The zero-order valence-corrected chi connectivity index (χ0v) is 10.3. The van der Waals surface area contributed by atoms with Gasteiger partial charge in [-0.25, -0.2) is 0 Å². The first kappa shape index (κ1) is 11.9. The first-order chi connectivity index (χ1) is 8.20. The van der Waals surface area contributed by atoms with Gasteiger partial charge in [0.05, 0.1) is 6.10 Å². The Labute approximate surface area is 103 Å². The highest BCUT2D eigenvalue weighted by Crippen LogP contribution is 2.29. The second-order valence-electron chi connectivity index (χ2n) is 4.49. The van der Waals surface area contributed by atoms with E-state index in [1.807, 2.05) is 37.3 Å². The summed E-state index contributed by atoms with van der Waals surface area (Å²) in [6, 6.07) is 18.4. The van der Waals surface area contributed by atoms with Gasteiger partial charge in [0, 0.05) is 5.92 Å². The third-order valence-corrected chi connectivity index (χ3v) is 3.16. The monoisotopic (exact) mass is 226 g/mol. The Kier molecular flexibility index (Phi) is 3.60. The lowest BCUT2D eigenvalue weighted by Gasteiger charge is -2.22. The Bertz CT molecular complexity index is 474. The fourth-order valence-corrected chi connectivity index (χ4v) is 2.31. The van der Waals surface area contributed by atoms with E-state index in [2.05, 4.69) is 31.2 Å². The summed E-state index contributed by atoms with van der Waals surface area (Å²) in [6.45, 7) is 3.94. The topological polar surface area (TPSA) is 20.2 Å². The molecule has 0 aromatic heterocycles. The molecule has 0 bridgehead atoms. The van der Waals surface area contributed by atoms with Crippen molar-refractivity contribution in [3.05, 3.63) is 71.3 Å². The van der Waals surface area contributed by atoms with Crippen molar-refractivity contribution in [1.82, 2.24) is 0 Å². The zero-order chi connectivity index (χ0) is 12.3. The smallest absolute Gasteiger partial charge is 0.0621 e. The molecule has 1 N–H and O–H groups in total. The van der Waals surface area contributed by atoms with Crippen LogP contribution in [0.2, 0.25) is 0 Å². The van der Waals surface area contributed by atoms with E-state index in [4.69, 9.17) is 0 Å². The number of benzene rings is 2. The van der Waals surface area contributed by atoms with E-state index in [9.17, 15) is 5.11 Å². The molecule has 2 rings (SSSR count). The van der Waals surface area contributed by atoms with Crippen molar-refractivity contribution in [2.75, 3.05) is 0 Å². The lowest BCUT2D eigenvalue weighted by molar-refractivity contribution is 0.176. The Morgan fingerprint density at radius 1 is 0.882 bits per heavy atom. The van der Waals surface area contributed by atoms with Gasteiger partial charge in [0.2, 0.25) is 0 Å². The van der Waals surface area contributed by atoms with E-state index >= 15 is 0 Å². The number of hydrogen-bond acceptors (Lipinski definition) is 1. The normalized spacial score (nSPS) is 14.3. The van der Waals surface area contributed by atoms with E-state index in [0.29, 0.717) is 0 Å². The van der Waals surface area contributed by atoms with Crippen LogP contribution in [0.15, 0.2) is 54.6 Å². The van der Waals surface area contributed by atoms with Gasteiger partial charge < -0.3 is 5.11 Å². The second kappa shape index (κ2) is 5.15. The number of aliphatic hydroxyl groups is 1. The molecule has 0 spiro atoms. The molecule has 0 saturated heterocycles. The summed E-state index contributed by atoms with van der Waals surface area (Å²) in [4.78, 5) is 0. The van der Waals surface area contributed by atoms with Crippen LogP contribution in [0.1, 0.15) is 29.5 Å². The van der Waals surface area contributed by atoms with Crippen LogP contribution in [-0.2, 0) is 0 Å². The fourth-order valence-electron chi connectivity index (χ4n) is 2.31. The van der Waals surface area contributed by atoms with Crippen LogP contribution in [0.5, 0.6) is 0 Å². The highest BCUT2D eigenvalue weighted by molar-refractivity contribution is 5.38. The molecule has 2 aromatic carbocycles. The molecule has 0 amide bonds. The molecule has 2 unspecified atom stereocenters. The van der Waals surface area contributed by atoms with Gasteiger partial charge in [0.1, 0.15) is 0 Å². The summed E-state index contributed by atoms with van der Waals surface area (Å²) >= 11 is 0. The van der Waals surface area contributed by atoms with Crippen molar-refractivity contribution < 1.29 is 5.11 Å². The highest BCUT2D eigenvalue weighted by atomic mass is 16.3. The van der Waals surface area contributed by atoms with Gasteiger partial charge in [-0.05, 0) is 30.5 Å². The van der Waals surface area contributed by atoms with E-state index < -0.39 is 6.10 Å². The maximum Gasteiger partial charge on any atom is 0.0621 e. The summed E-state index contributed by atoms with van der Waals surface area (Å²) in [7, 11) is 0. The van der Waals surface area contributed by atoms with Gasteiger partial charge in [-0.15, -0.1) is 0 Å². The number of aryl methyl sites for hydroxylation is 1. The van der Waals surface area contributed by atoms with Crippen molar-refractivity contribution >= 4 is 0 Å². The molecule has 0 radical (unpaired) electrons. The molecule has 0 heterocycles. The van der Waals surface area contributed by atoms with Crippen molar-refractivity contribution in [3.8, 4) is 0 Å². The van der Waals surface area contributed by atoms with Gasteiger partial charge in [-0.2, -0.15) is 0 Å². The highest BCUT2D eigenvalue weighted by Gasteiger charge is 2.20. The zero-order valence-electron chi connectivity index (χ0n) is 10.3. The Morgan fingerprint density at radius 3 is 2.06 bits per heavy atom. The van der Waals surface area contributed by atoms with Crippen LogP contribution in [0.3, 0.4) is 0 Å². The molecule has 1 heteroatoms. The SMILES string of the molecule is Cc1ccccc1C(c1ccccc1)C(C)O. The number of hydrogen-bond donors (Lipinski definition) is 1. The second-order valence-corrected chi connectivity index (χ2v) is 4.49. The van der Waals surface area contributed by atoms with E-state index in [-0.39, 0.29) is 5.92 Å². The minimum absolute atomic E-state index is 0.0531. The Hall–Kier alpha value is -1.60. The van der Waals surface area contributed by atoms with E-state index in [1.165, 1.54) is 11.1 Å². The van der Waals surface area contributed by atoms with Crippen LogP contribution >= 0.6 is 0 Å². The molecule has 1 nitrogen and oxygen atoms in total. The van der Waals surface area contributed by atoms with Crippen molar-refractivity contribution in [2.24, 2.45) is 0 Å². The molecular weight excluding hydrogens is 208 g/mol. The molecule has 0 aliphatic carbocycles. The van der Waals surface area contributed by atoms with Gasteiger partial charge >= 0.3 is 0 Å². The number of rotatable bonds is 3. The van der Waals surface area contributed by atoms with Crippen molar-refractivity contribution in [3.63, 3.8) is 0 Å². The molecule has 17 heavy (non-hydrogen) atoms. The maximum absolute atomic E-state index is 10.0. The molecule has 88 valence electrons. The summed E-state index contributed by atoms with van der Waals surface area (Å²) < 4.78 is 0. The van der Waals surface area contributed by atoms with Gasteiger partial charge in [-0.3, -0.25) is 0 Å². The third-order valence-electron chi connectivity index (χ3n) is 3.16. The fraction of sp³-hybridized carbons (Fsp3) is 0.250. The molecule has 0 fully saturated rings. The maximum atomic E-state index is 10.0. The van der Waals surface area contributed by atoms with Crippen molar-refractivity contribution in [1.29, 1.82) is 0 Å². The number of aliphatic hydroxyl groups excluding tert-OH is 1. The first-order valence-electron chi connectivity index (χ1n) is 5.98. The van der Waals surface area contributed by atoms with Crippen molar-refractivity contribution in [2.45, 2.75) is 25.9 Å². The molecular formula is C16H18O. The van der Waals surface area contributed by atoms with Crippen LogP contribution in [-0.4, -0.2) is 11.2 Å². The molecule has 0 saturated carbocycles. The lowest BCUT2D eigenvalue weighted by atomic mass is 9.85. The van der Waals surface area contributed by atoms with Crippen LogP contribution in [0, 0.1) is 6.92 Å². The van der Waals surface area contributed by atoms with Gasteiger partial charge in [-0.1, -0.05) is 54.6 Å². The lowest BCUT2D eigenvalue weighted by Crippen LogP contribution is -2.17. The predicted molar refractivity (Wildman–Crippen MR) is 71.1 cm³/mol. The quantitative estimate of drug-likeness (QED) is 0.849. The minimum atomic E-state index is -0.390. The average molecular weight is 226 g/mol. The largest absolute Gasteiger partial charge is 0.392 e. The predicted octanol–water partition coefficient (Wildman–Crippen LogP) is 3.51. The summed E-state index contributed by atoms with van der Waals surface area (Å²) in [5.74, 6) is 0.0531. The minimum Gasteiger partial charge on any atom is -0.392 e. The van der Waals surface area contributed by atoms with Gasteiger partial charge in [0.15, 0.2) is 0 Å². The van der Waals surface area contributed by atoms with E-state index in [0.717, 1.165) is 5.56 Å². The van der Waals surface area contributed by atoms with Crippen LogP contribution < -0.4 is 0 Å². The average Bonchev–Trinajstić information content (AvgIpc) is 2.33. The molecule has 2 aromatic rings. The summed E-state index contributed by atoms with van der Waals surface area (Å²) in [5.41, 5.74) is 3.59. The Morgan fingerprint density at radius 2 is 1.47 bits per heavy atom. The molecule has 2 atom stereocenters. The standard InChI is InChI=1S/C16H18O/c1-12-8-6-7-11-15(12)16(13(2)17)14-9-4-3-5-10-14/h3-11,13,16-17H,1-2H3. The van der Waals surface area contributed by atoms with Crippen LogP contribution in [0.25, 0.3) is 0 Å².